The summed E-state index contributed by atoms with van der Waals surface area (Å²) in [5.74, 6) is 0. The third-order valence-corrected chi connectivity index (χ3v) is 3.29. The van der Waals surface area contributed by atoms with Gasteiger partial charge in [-0.3, -0.25) is 0 Å². The molecule has 3 nitrogen and oxygen atoms in total. The Bertz CT molecular complexity index is 358. The molecule has 0 radical (unpaired) electrons. The van der Waals surface area contributed by atoms with E-state index in [1.807, 2.05) is 19.2 Å². The Kier molecular flexibility index (Phi) is 7.09. The van der Waals surface area contributed by atoms with Crippen molar-refractivity contribution < 1.29 is 5.11 Å². The minimum absolute atomic E-state index is 0.162. The Morgan fingerprint density at radius 2 is 2.11 bits per heavy atom. The van der Waals surface area contributed by atoms with Gasteiger partial charge in [-0.05, 0) is 25.6 Å². The first kappa shape index (κ1) is 15.3. The molecule has 18 heavy (non-hydrogen) atoms. The van der Waals surface area contributed by atoms with E-state index in [4.69, 9.17) is 11.6 Å². The van der Waals surface area contributed by atoms with Crippen LogP contribution in [0.1, 0.15) is 25.3 Å². The van der Waals surface area contributed by atoms with Gasteiger partial charge >= 0.3 is 0 Å². The summed E-state index contributed by atoms with van der Waals surface area (Å²) < 4.78 is 0. The van der Waals surface area contributed by atoms with Crippen LogP contribution in [0.3, 0.4) is 0 Å². The number of aliphatic hydroxyl groups is 1. The van der Waals surface area contributed by atoms with E-state index in [0.29, 0.717) is 6.54 Å². The van der Waals surface area contributed by atoms with Crippen LogP contribution in [0.2, 0.25) is 5.02 Å². The topological polar surface area (TPSA) is 35.5 Å². The third kappa shape index (κ3) is 4.16. The van der Waals surface area contributed by atoms with E-state index in [1.54, 1.807) is 0 Å². The molecule has 0 saturated heterocycles. The molecule has 0 unspecified atom stereocenters. The lowest BCUT2D eigenvalue weighted by Crippen LogP contribution is -2.29. The molecule has 1 aromatic carbocycles. The number of hydrogen-bond acceptors (Lipinski definition) is 3. The molecule has 0 aliphatic rings. The fourth-order valence-electron chi connectivity index (χ4n) is 2.02. The van der Waals surface area contributed by atoms with Crippen molar-refractivity contribution in [2.75, 3.05) is 31.6 Å². The van der Waals surface area contributed by atoms with E-state index in [9.17, 15) is 5.11 Å². The Morgan fingerprint density at radius 1 is 1.33 bits per heavy atom. The number of nitrogens with zero attached hydrogens (tertiary/aromatic N) is 1. The minimum atomic E-state index is 0.162. The second-order valence-corrected chi connectivity index (χ2v) is 4.74. The summed E-state index contributed by atoms with van der Waals surface area (Å²) in [5.41, 5.74) is 2.23. The molecule has 4 heteroatoms. The van der Waals surface area contributed by atoms with Gasteiger partial charge in [0.25, 0.3) is 0 Å². The zero-order chi connectivity index (χ0) is 13.4. The lowest BCUT2D eigenvalue weighted by atomic mass is 10.1. The van der Waals surface area contributed by atoms with Crippen LogP contribution in [0.4, 0.5) is 5.69 Å². The predicted octanol–water partition coefficient (Wildman–Crippen LogP) is 2.66. The monoisotopic (exact) mass is 270 g/mol. The number of unbranched alkanes of at least 4 members (excludes halogenated alkanes) is 1. The molecule has 1 aromatic rings. The van der Waals surface area contributed by atoms with Crippen LogP contribution in [0, 0.1) is 0 Å². The van der Waals surface area contributed by atoms with Crippen molar-refractivity contribution >= 4 is 17.3 Å². The Morgan fingerprint density at radius 3 is 2.72 bits per heavy atom. The second-order valence-electron chi connectivity index (χ2n) is 4.33. The van der Waals surface area contributed by atoms with Crippen LogP contribution >= 0.6 is 11.6 Å². The van der Waals surface area contributed by atoms with E-state index >= 15 is 0 Å². The summed E-state index contributed by atoms with van der Waals surface area (Å²) in [6.45, 7) is 4.67. The molecule has 0 fully saturated rings. The summed E-state index contributed by atoms with van der Waals surface area (Å²) in [5, 5.41) is 13.1. The van der Waals surface area contributed by atoms with Gasteiger partial charge in [-0.1, -0.05) is 31.0 Å². The summed E-state index contributed by atoms with van der Waals surface area (Å²) in [6.07, 6.45) is 2.26. The summed E-state index contributed by atoms with van der Waals surface area (Å²) in [4.78, 5) is 2.21. The molecule has 102 valence electrons. The van der Waals surface area contributed by atoms with Crippen molar-refractivity contribution in [3.63, 3.8) is 0 Å². The van der Waals surface area contributed by atoms with Crippen molar-refractivity contribution in [3.05, 3.63) is 28.8 Å². The molecule has 2 N–H and O–H groups in total. The number of anilines is 1. The highest BCUT2D eigenvalue weighted by Crippen LogP contribution is 2.27. The van der Waals surface area contributed by atoms with Crippen LogP contribution in [-0.4, -0.2) is 31.9 Å². The molecule has 1 rings (SSSR count). The van der Waals surface area contributed by atoms with Crippen molar-refractivity contribution in [1.82, 2.24) is 5.32 Å². The third-order valence-electron chi connectivity index (χ3n) is 2.94. The van der Waals surface area contributed by atoms with Crippen LogP contribution < -0.4 is 10.2 Å². The van der Waals surface area contributed by atoms with Gasteiger partial charge in [0.1, 0.15) is 0 Å². The molecular weight excluding hydrogens is 248 g/mol. The zero-order valence-electron chi connectivity index (χ0n) is 11.2. The van der Waals surface area contributed by atoms with E-state index in [1.165, 1.54) is 0 Å². The maximum absolute atomic E-state index is 9.20. The Balaban J connectivity index is 2.97. The largest absolute Gasteiger partial charge is 0.395 e. The molecule has 0 aliphatic heterocycles. The van der Waals surface area contributed by atoms with Gasteiger partial charge in [0, 0.05) is 35.9 Å². The minimum Gasteiger partial charge on any atom is -0.395 e. The first-order valence-electron chi connectivity index (χ1n) is 6.52. The number of aliphatic hydroxyl groups excluding tert-OH is 1. The van der Waals surface area contributed by atoms with Gasteiger partial charge in [-0.25, -0.2) is 0 Å². The van der Waals surface area contributed by atoms with Gasteiger partial charge in [-0.15, -0.1) is 0 Å². The lowest BCUT2D eigenvalue weighted by molar-refractivity contribution is 0.301. The first-order valence-corrected chi connectivity index (χ1v) is 6.90. The number of benzene rings is 1. The van der Waals surface area contributed by atoms with Crippen molar-refractivity contribution in [2.45, 2.75) is 26.3 Å². The number of hydrogen-bond donors (Lipinski definition) is 2. The van der Waals surface area contributed by atoms with Gasteiger partial charge in [0.2, 0.25) is 0 Å². The fourth-order valence-corrected chi connectivity index (χ4v) is 2.25. The van der Waals surface area contributed by atoms with Crippen LogP contribution in [-0.2, 0) is 6.54 Å². The average molecular weight is 271 g/mol. The van der Waals surface area contributed by atoms with Crippen molar-refractivity contribution in [3.8, 4) is 0 Å². The van der Waals surface area contributed by atoms with Gasteiger partial charge in [-0.2, -0.15) is 0 Å². The Labute approximate surface area is 115 Å². The lowest BCUT2D eigenvalue weighted by Gasteiger charge is -2.27. The average Bonchev–Trinajstić information content (AvgIpc) is 2.37. The quantitative estimate of drug-likeness (QED) is 0.762. The highest BCUT2D eigenvalue weighted by Gasteiger charge is 2.12. The van der Waals surface area contributed by atoms with Crippen LogP contribution in [0.5, 0.6) is 0 Å². The molecule has 0 aromatic heterocycles. The Hall–Kier alpha value is -0.770. The standard InChI is InChI=1S/C14H23ClN2O/c1-3-4-8-17(9-10-18)14-7-5-6-13(15)12(14)11-16-2/h5-7,16,18H,3-4,8-11H2,1-2H3. The van der Waals surface area contributed by atoms with Crippen molar-refractivity contribution in [2.24, 2.45) is 0 Å². The van der Waals surface area contributed by atoms with Crippen molar-refractivity contribution in [1.29, 1.82) is 0 Å². The normalized spacial score (nSPS) is 10.7. The van der Waals surface area contributed by atoms with Crippen LogP contribution in [0.25, 0.3) is 0 Å². The van der Waals surface area contributed by atoms with E-state index in [0.717, 1.165) is 42.2 Å². The van der Waals surface area contributed by atoms with E-state index in [-0.39, 0.29) is 6.61 Å². The molecule has 0 spiro atoms. The molecule has 0 bridgehead atoms. The molecule has 0 aliphatic carbocycles. The number of nitrogens with one attached hydrogen (secondary N) is 1. The molecule has 0 heterocycles. The predicted molar refractivity (Wildman–Crippen MR) is 78.4 cm³/mol. The summed E-state index contributed by atoms with van der Waals surface area (Å²) >= 11 is 6.26. The zero-order valence-corrected chi connectivity index (χ0v) is 12.0. The maximum Gasteiger partial charge on any atom is 0.0606 e. The SMILES string of the molecule is CCCCN(CCO)c1cccc(Cl)c1CNC. The van der Waals surface area contributed by atoms with Gasteiger partial charge in [0.15, 0.2) is 0 Å². The summed E-state index contributed by atoms with van der Waals surface area (Å²) in [6, 6.07) is 5.95. The first-order chi connectivity index (χ1) is 8.74. The van der Waals surface area contributed by atoms with Crippen LogP contribution in [0.15, 0.2) is 18.2 Å². The maximum atomic E-state index is 9.20. The van der Waals surface area contributed by atoms with Gasteiger partial charge < -0.3 is 15.3 Å². The number of rotatable bonds is 8. The second kappa shape index (κ2) is 8.35. The molecule has 0 amide bonds. The van der Waals surface area contributed by atoms with Gasteiger partial charge in [0.05, 0.1) is 6.61 Å². The molecule has 0 atom stereocenters. The highest BCUT2D eigenvalue weighted by atomic mass is 35.5. The smallest absolute Gasteiger partial charge is 0.0606 e. The number of halogens is 1. The van der Waals surface area contributed by atoms with E-state index < -0.39 is 0 Å². The summed E-state index contributed by atoms with van der Waals surface area (Å²) in [7, 11) is 1.91. The highest BCUT2D eigenvalue weighted by molar-refractivity contribution is 6.31. The van der Waals surface area contributed by atoms with E-state index in [2.05, 4.69) is 23.2 Å². The molecule has 0 saturated carbocycles. The fraction of sp³-hybridized carbons (Fsp3) is 0.571. The molecular formula is C14H23ClN2O.